The monoisotopic (exact) mass is 396 g/mol. The fraction of sp³-hybridized carbons (Fsp3) is 0.0417. The molecule has 0 atom stereocenters. The molecule has 0 spiro atoms. The summed E-state index contributed by atoms with van der Waals surface area (Å²) < 4.78 is 0. The molecule has 0 aliphatic rings. The minimum absolute atomic E-state index is 0.0779. The van der Waals surface area contributed by atoms with E-state index in [1.807, 2.05) is 66.7 Å². The van der Waals surface area contributed by atoms with E-state index in [4.69, 9.17) is 5.73 Å². The highest BCUT2D eigenvalue weighted by Gasteiger charge is 2.19. The van der Waals surface area contributed by atoms with Gasteiger partial charge in [-0.2, -0.15) is 5.26 Å². The Labute approximate surface area is 174 Å². The van der Waals surface area contributed by atoms with Gasteiger partial charge in [0.15, 0.2) is 0 Å². The number of hydrogen-bond acceptors (Lipinski definition) is 4. The summed E-state index contributed by atoms with van der Waals surface area (Å²) in [5.74, 6) is -1.03. The van der Waals surface area contributed by atoms with Crippen LogP contribution in [0.2, 0.25) is 0 Å². The second kappa shape index (κ2) is 9.71. The van der Waals surface area contributed by atoms with Crippen LogP contribution < -0.4 is 16.4 Å². The van der Waals surface area contributed by atoms with Gasteiger partial charge in [-0.3, -0.25) is 9.59 Å². The first kappa shape index (κ1) is 20.4. The molecule has 0 saturated carbocycles. The van der Waals surface area contributed by atoms with Crippen LogP contribution in [0.1, 0.15) is 27.5 Å². The van der Waals surface area contributed by atoms with Crippen LogP contribution in [0.3, 0.4) is 0 Å². The first-order valence-electron chi connectivity index (χ1n) is 9.26. The van der Waals surface area contributed by atoms with Crippen molar-refractivity contribution in [2.75, 3.05) is 5.32 Å². The molecule has 0 aromatic heterocycles. The van der Waals surface area contributed by atoms with Crippen molar-refractivity contribution in [3.05, 3.63) is 113 Å². The fourth-order valence-corrected chi connectivity index (χ4v) is 2.89. The molecule has 4 N–H and O–H groups in total. The number of nitrogens with two attached hydrogens (primary N) is 1. The van der Waals surface area contributed by atoms with Crippen LogP contribution in [-0.2, 0) is 4.79 Å². The average molecular weight is 396 g/mol. The molecule has 0 aliphatic heterocycles. The van der Waals surface area contributed by atoms with Crippen LogP contribution in [0, 0.1) is 11.3 Å². The van der Waals surface area contributed by atoms with E-state index in [0.29, 0.717) is 11.3 Å². The third-order valence-corrected chi connectivity index (χ3v) is 4.46. The van der Waals surface area contributed by atoms with Gasteiger partial charge in [0, 0.05) is 17.5 Å². The Kier molecular flexibility index (Phi) is 6.59. The number of anilines is 1. The third kappa shape index (κ3) is 5.12. The second-order valence-corrected chi connectivity index (χ2v) is 6.48. The minimum Gasteiger partial charge on any atom is -0.366 e. The number of amides is 2. The Bertz CT molecular complexity index is 1050. The molecule has 0 aliphatic carbocycles. The van der Waals surface area contributed by atoms with Gasteiger partial charge in [0.25, 0.3) is 5.91 Å². The molecule has 3 rings (SSSR count). The highest BCUT2D eigenvalue weighted by atomic mass is 16.2. The molecule has 6 heteroatoms. The van der Waals surface area contributed by atoms with Crippen molar-refractivity contribution in [3.63, 3.8) is 0 Å². The summed E-state index contributed by atoms with van der Waals surface area (Å²) in [6.07, 6.45) is 1.33. The van der Waals surface area contributed by atoms with Crippen molar-refractivity contribution in [1.29, 1.82) is 5.26 Å². The van der Waals surface area contributed by atoms with Gasteiger partial charge >= 0.3 is 0 Å². The molecule has 0 unspecified atom stereocenters. The van der Waals surface area contributed by atoms with Crippen LogP contribution in [-0.4, -0.2) is 11.8 Å². The number of nitrogens with one attached hydrogen (secondary N) is 2. The molecule has 0 saturated heterocycles. The molecule has 0 fully saturated rings. The van der Waals surface area contributed by atoms with Crippen molar-refractivity contribution in [3.8, 4) is 6.07 Å². The predicted molar refractivity (Wildman–Crippen MR) is 115 cm³/mol. The van der Waals surface area contributed by atoms with Gasteiger partial charge in [0.05, 0.1) is 6.04 Å². The normalized spacial score (nSPS) is 10.9. The van der Waals surface area contributed by atoms with E-state index >= 15 is 0 Å². The highest BCUT2D eigenvalue weighted by Crippen LogP contribution is 2.22. The molecule has 0 heterocycles. The first-order chi connectivity index (χ1) is 14.6. The van der Waals surface area contributed by atoms with Crippen LogP contribution in [0.5, 0.6) is 0 Å². The van der Waals surface area contributed by atoms with Crippen molar-refractivity contribution < 1.29 is 9.59 Å². The van der Waals surface area contributed by atoms with E-state index in [2.05, 4.69) is 10.6 Å². The lowest BCUT2D eigenvalue weighted by Gasteiger charge is -2.19. The van der Waals surface area contributed by atoms with E-state index in [-0.39, 0.29) is 5.57 Å². The first-order valence-corrected chi connectivity index (χ1v) is 9.26. The van der Waals surface area contributed by atoms with Crippen LogP contribution in [0.4, 0.5) is 5.69 Å². The number of benzene rings is 3. The minimum atomic E-state index is -0.526. The van der Waals surface area contributed by atoms with Crippen molar-refractivity contribution in [2.24, 2.45) is 5.73 Å². The van der Waals surface area contributed by atoms with Crippen LogP contribution >= 0.6 is 0 Å². The van der Waals surface area contributed by atoms with E-state index in [1.165, 1.54) is 6.20 Å². The maximum atomic E-state index is 12.8. The molecule has 0 bridgehead atoms. The van der Waals surface area contributed by atoms with Crippen molar-refractivity contribution in [2.45, 2.75) is 6.04 Å². The van der Waals surface area contributed by atoms with E-state index in [9.17, 15) is 14.9 Å². The molecule has 3 aromatic rings. The Morgan fingerprint density at radius 3 is 1.87 bits per heavy atom. The van der Waals surface area contributed by atoms with Gasteiger partial charge < -0.3 is 16.4 Å². The van der Waals surface area contributed by atoms with Crippen LogP contribution in [0.25, 0.3) is 0 Å². The number of primary amides is 1. The van der Waals surface area contributed by atoms with E-state index in [0.717, 1.165) is 11.1 Å². The molecule has 0 radical (unpaired) electrons. The zero-order chi connectivity index (χ0) is 21.3. The quantitative estimate of drug-likeness (QED) is 0.419. The number of hydrogen-bond donors (Lipinski definition) is 3. The molecular weight excluding hydrogens is 376 g/mol. The zero-order valence-electron chi connectivity index (χ0n) is 16.1. The maximum absolute atomic E-state index is 12.8. The summed E-state index contributed by atoms with van der Waals surface area (Å²) >= 11 is 0. The molecule has 148 valence electrons. The van der Waals surface area contributed by atoms with E-state index in [1.54, 1.807) is 24.3 Å². The fourth-order valence-electron chi connectivity index (χ4n) is 2.89. The molecule has 6 nitrogen and oxygen atoms in total. The van der Waals surface area contributed by atoms with Gasteiger partial charge in [0.1, 0.15) is 11.6 Å². The SMILES string of the molecule is N#C/C(=C/Nc1ccc(C(N)=O)cc1)C(=O)NC(c1ccccc1)c1ccccc1. The van der Waals surface area contributed by atoms with E-state index < -0.39 is 17.9 Å². The maximum Gasteiger partial charge on any atom is 0.264 e. The largest absolute Gasteiger partial charge is 0.366 e. The van der Waals surface area contributed by atoms with Crippen molar-refractivity contribution >= 4 is 17.5 Å². The van der Waals surface area contributed by atoms with Gasteiger partial charge in [-0.25, -0.2) is 0 Å². The summed E-state index contributed by atoms with van der Waals surface area (Å²) in [6.45, 7) is 0. The van der Waals surface area contributed by atoms with Crippen LogP contribution in [0.15, 0.2) is 96.7 Å². The second-order valence-electron chi connectivity index (χ2n) is 6.48. The number of carbonyl (C=O) groups excluding carboxylic acids is 2. The third-order valence-electron chi connectivity index (χ3n) is 4.46. The lowest BCUT2D eigenvalue weighted by atomic mass is 9.98. The smallest absolute Gasteiger partial charge is 0.264 e. The lowest BCUT2D eigenvalue weighted by Crippen LogP contribution is -2.30. The van der Waals surface area contributed by atoms with Gasteiger partial charge in [-0.1, -0.05) is 60.7 Å². The zero-order valence-corrected chi connectivity index (χ0v) is 16.1. The Morgan fingerprint density at radius 2 is 1.40 bits per heavy atom. The number of rotatable bonds is 7. The van der Waals surface area contributed by atoms with Gasteiger partial charge in [-0.15, -0.1) is 0 Å². The number of nitriles is 1. The molecule has 3 aromatic carbocycles. The standard InChI is InChI=1S/C24H20N4O2/c25-15-20(16-27-21-13-11-19(12-14-21)23(26)29)24(30)28-22(17-7-3-1-4-8-17)18-9-5-2-6-10-18/h1-14,16,22,27H,(H2,26,29)(H,28,30)/b20-16-. The summed E-state index contributed by atoms with van der Waals surface area (Å²) in [5.41, 5.74) is 7.94. The average Bonchev–Trinajstić information content (AvgIpc) is 2.79. The molecular formula is C24H20N4O2. The van der Waals surface area contributed by atoms with Gasteiger partial charge in [0.2, 0.25) is 5.91 Å². The summed E-state index contributed by atoms with van der Waals surface area (Å²) in [5, 5.41) is 15.3. The number of nitrogens with zero attached hydrogens (tertiary/aromatic N) is 1. The lowest BCUT2D eigenvalue weighted by molar-refractivity contribution is -0.117. The topological polar surface area (TPSA) is 108 Å². The Balaban J connectivity index is 1.79. The van der Waals surface area contributed by atoms with Gasteiger partial charge in [-0.05, 0) is 35.4 Å². The Morgan fingerprint density at radius 1 is 0.867 bits per heavy atom. The van der Waals surface area contributed by atoms with Crippen molar-refractivity contribution in [1.82, 2.24) is 5.32 Å². The summed E-state index contributed by atoms with van der Waals surface area (Å²) in [6, 6.07) is 27.0. The number of carbonyl (C=O) groups is 2. The summed E-state index contributed by atoms with van der Waals surface area (Å²) in [4.78, 5) is 23.9. The summed E-state index contributed by atoms with van der Waals surface area (Å²) in [7, 11) is 0. The Hall–Kier alpha value is -4.37. The molecule has 30 heavy (non-hydrogen) atoms. The highest BCUT2D eigenvalue weighted by molar-refractivity contribution is 5.98. The molecule has 2 amide bonds. The predicted octanol–water partition coefficient (Wildman–Crippen LogP) is 3.51.